The van der Waals surface area contributed by atoms with Gasteiger partial charge in [0, 0.05) is 6.67 Å². The van der Waals surface area contributed by atoms with Crippen molar-refractivity contribution < 1.29 is 9.59 Å². The van der Waals surface area contributed by atoms with Gasteiger partial charge in [0.1, 0.15) is 6.04 Å². The zero-order valence-corrected chi connectivity index (χ0v) is 11.5. The zero-order valence-electron chi connectivity index (χ0n) is 11.5. The maximum atomic E-state index is 12.1. The average molecular weight is 280 g/mol. The standard InChI is InChI=1S/C17H16N2O2/c20-11-15(21)16-17(19-12-18-16,13-7-3-1-4-8-13)14-9-5-2-6-10-14/h1-11,16,18-19H,12H2. The van der Waals surface area contributed by atoms with Gasteiger partial charge in [-0.3, -0.25) is 20.2 Å². The van der Waals surface area contributed by atoms with Gasteiger partial charge in [-0.15, -0.1) is 0 Å². The number of nitrogens with one attached hydrogen (secondary N) is 2. The number of carbonyl (C=O) groups excluding carboxylic acids is 2. The van der Waals surface area contributed by atoms with Crippen LogP contribution in [0.1, 0.15) is 11.1 Å². The predicted molar refractivity (Wildman–Crippen MR) is 79.7 cm³/mol. The first kappa shape index (κ1) is 13.7. The molecule has 0 bridgehead atoms. The van der Waals surface area contributed by atoms with Gasteiger partial charge in [0.15, 0.2) is 6.29 Å². The van der Waals surface area contributed by atoms with Crippen LogP contribution in [0.4, 0.5) is 0 Å². The van der Waals surface area contributed by atoms with E-state index >= 15 is 0 Å². The van der Waals surface area contributed by atoms with Gasteiger partial charge in [-0.25, -0.2) is 0 Å². The summed E-state index contributed by atoms with van der Waals surface area (Å²) in [5.41, 5.74) is 1.20. The maximum absolute atomic E-state index is 12.1. The largest absolute Gasteiger partial charge is 0.295 e. The quantitative estimate of drug-likeness (QED) is 0.653. The van der Waals surface area contributed by atoms with Gasteiger partial charge >= 0.3 is 0 Å². The minimum Gasteiger partial charge on any atom is -0.295 e. The minimum absolute atomic E-state index is 0.394. The van der Waals surface area contributed by atoms with Gasteiger partial charge in [0.25, 0.3) is 0 Å². The molecule has 2 N–H and O–H groups in total. The molecule has 0 aromatic heterocycles. The van der Waals surface area contributed by atoms with Crippen molar-refractivity contribution in [1.29, 1.82) is 0 Å². The van der Waals surface area contributed by atoms with Crippen LogP contribution >= 0.6 is 0 Å². The van der Waals surface area contributed by atoms with E-state index in [0.29, 0.717) is 13.0 Å². The Bertz CT molecular complexity index is 601. The molecule has 21 heavy (non-hydrogen) atoms. The molecule has 0 spiro atoms. The van der Waals surface area contributed by atoms with Gasteiger partial charge in [0.05, 0.1) is 5.54 Å². The second kappa shape index (κ2) is 5.60. The minimum atomic E-state index is -0.722. The fraction of sp³-hybridized carbons (Fsp3) is 0.176. The lowest BCUT2D eigenvalue weighted by atomic mass is 9.76. The average Bonchev–Trinajstić information content (AvgIpc) is 3.02. The van der Waals surface area contributed by atoms with Crippen LogP contribution in [0.15, 0.2) is 60.7 Å². The van der Waals surface area contributed by atoms with Crippen molar-refractivity contribution in [3.05, 3.63) is 71.8 Å². The van der Waals surface area contributed by atoms with Crippen LogP contribution in [0.3, 0.4) is 0 Å². The summed E-state index contributed by atoms with van der Waals surface area (Å²) in [5.74, 6) is -0.451. The lowest BCUT2D eigenvalue weighted by Gasteiger charge is -2.34. The highest BCUT2D eigenvalue weighted by molar-refractivity contribution is 6.28. The summed E-state index contributed by atoms with van der Waals surface area (Å²) in [7, 11) is 0. The van der Waals surface area contributed by atoms with Crippen LogP contribution in [0.5, 0.6) is 0 Å². The summed E-state index contributed by atoms with van der Waals surface area (Å²) >= 11 is 0. The summed E-state index contributed by atoms with van der Waals surface area (Å²) < 4.78 is 0. The van der Waals surface area contributed by atoms with Gasteiger partial charge in [0.2, 0.25) is 5.78 Å². The van der Waals surface area contributed by atoms with Crippen molar-refractivity contribution in [3.63, 3.8) is 0 Å². The fourth-order valence-electron chi connectivity index (χ4n) is 3.04. The molecule has 0 saturated carbocycles. The second-order valence-electron chi connectivity index (χ2n) is 5.05. The molecule has 1 heterocycles. The Morgan fingerprint density at radius 2 is 1.52 bits per heavy atom. The number of carbonyl (C=O) groups is 2. The third-order valence-electron chi connectivity index (χ3n) is 3.97. The Labute approximate surface area is 123 Å². The van der Waals surface area contributed by atoms with Crippen LogP contribution in [0.2, 0.25) is 0 Å². The van der Waals surface area contributed by atoms with E-state index < -0.39 is 17.4 Å². The highest BCUT2D eigenvalue weighted by Gasteiger charge is 2.48. The van der Waals surface area contributed by atoms with E-state index in [1.807, 2.05) is 60.7 Å². The molecular formula is C17H16N2O2. The first-order chi connectivity index (χ1) is 10.3. The van der Waals surface area contributed by atoms with Crippen molar-refractivity contribution in [2.75, 3.05) is 6.67 Å². The van der Waals surface area contributed by atoms with E-state index in [0.717, 1.165) is 11.1 Å². The van der Waals surface area contributed by atoms with E-state index in [9.17, 15) is 9.59 Å². The first-order valence-electron chi connectivity index (χ1n) is 6.87. The molecule has 106 valence electrons. The predicted octanol–water partition coefficient (Wildman–Crippen LogP) is 1.22. The van der Waals surface area contributed by atoms with E-state index in [1.165, 1.54) is 0 Å². The van der Waals surface area contributed by atoms with Crippen molar-refractivity contribution in [3.8, 4) is 0 Å². The van der Waals surface area contributed by atoms with E-state index in [1.54, 1.807) is 0 Å². The normalized spacial score (nSPS) is 20.1. The monoisotopic (exact) mass is 280 g/mol. The summed E-state index contributed by atoms with van der Waals surface area (Å²) in [6.07, 6.45) is 0.394. The number of rotatable bonds is 4. The van der Waals surface area contributed by atoms with E-state index in [2.05, 4.69) is 10.6 Å². The topological polar surface area (TPSA) is 58.2 Å². The summed E-state index contributed by atoms with van der Waals surface area (Å²) in [4.78, 5) is 23.1. The maximum Gasteiger partial charge on any atom is 0.214 e. The third kappa shape index (κ3) is 2.18. The number of hydrogen-bond donors (Lipinski definition) is 2. The number of hydrogen-bond acceptors (Lipinski definition) is 4. The molecule has 4 heteroatoms. The van der Waals surface area contributed by atoms with Crippen LogP contribution in [0.25, 0.3) is 0 Å². The lowest BCUT2D eigenvalue weighted by molar-refractivity contribution is -0.131. The molecular weight excluding hydrogens is 264 g/mol. The van der Waals surface area contributed by atoms with Crippen molar-refractivity contribution in [2.45, 2.75) is 11.6 Å². The molecule has 1 fully saturated rings. The Kier molecular flexibility index (Phi) is 3.64. The fourth-order valence-corrected chi connectivity index (χ4v) is 3.04. The highest BCUT2D eigenvalue weighted by atomic mass is 16.2. The lowest BCUT2D eigenvalue weighted by Crippen LogP contribution is -2.51. The molecule has 2 aromatic rings. The first-order valence-corrected chi connectivity index (χ1v) is 6.87. The molecule has 1 atom stereocenters. The SMILES string of the molecule is O=CC(=O)C1NCNC1(c1ccccc1)c1ccccc1. The van der Waals surface area contributed by atoms with Crippen LogP contribution in [-0.2, 0) is 15.1 Å². The Morgan fingerprint density at radius 1 is 1.00 bits per heavy atom. The zero-order chi connectivity index (χ0) is 14.7. The van der Waals surface area contributed by atoms with Crippen LogP contribution < -0.4 is 10.6 Å². The Balaban J connectivity index is 2.20. The van der Waals surface area contributed by atoms with E-state index in [-0.39, 0.29) is 0 Å². The van der Waals surface area contributed by atoms with Gasteiger partial charge in [-0.2, -0.15) is 0 Å². The summed E-state index contributed by atoms with van der Waals surface area (Å²) in [5, 5.41) is 6.48. The van der Waals surface area contributed by atoms with Crippen molar-refractivity contribution in [2.24, 2.45) is 0 Å². The smallest absolute Gasteiger partial charge is 0.214 e. The van der Waals surface area contributed by atoms with Crippen LogP contribution in [-0.4, -0.2) is 24.8 Å². The summed E-state index contributed by atoms with van der Waals surface area (Å²) in [6, 6.07) is 18.9. The van der Waals surface area contributed by atoms with Gasteiger partial charge < -0.3 is 0 Å². The molecule has 1 unspecified atom stereocenters. The Morgan fingerprint density at radius 3 is 2.00 bits per heavy atom. The molecule has 1 saturated heterocycles. The van der Waals surface area contributed by atoms with Crippen LogP contribution in [0, 0.1) is 0 Å². The molecule has 0 radical (unpaired) electrons. The van der Waals surface area contributed by atoms with Gasteiger partial charge in [-0.05, 0) is 11.1 Å². The third-order valence-corrected chi connectivity index (χ3v) is 3.97. The highest BCUT2D eigenvalue weighted by Crippen LogP contribution is 2.35. The molecule has 2 aromatic carbocycles. The molecule has 4 nitrogen and oxygen atoms in total. The summed E-state index contributed by atoms with van der Waals surface area (Å²) in [6.45, 7) is 0.466. The Hall–Kier alpha value is -2.30. The van der Waals surface area contributed by atoms with E-state index in [4.69, 9.17) is 0 Å². The molecule has 0 amide bonds. The molecule has 0 aliphatic carbocycles. The van der Waals surface area contributed by atoms with Crippen molar-refractivity contribution >= 4 is 12.1 Å². The second-order valence-corrected chi connectivity index (χ2v) is 5.05. The van der Waals surface area contributed by atoms with Gasteiger partial charge in [-0.1, -0.05) is 60.7 Å². The molecule has 1 aliphatic rings. The number of ketones is 1. The number of benzene rings is 2. The number of aldehydes is 1. The van der Waals surface area contributed by atoms with Crippen molar-refractivity contribution in [1.82, 2.24) is 10.6 Å². The molecule has 3 rings (SSSR count). The number of Topliss-reactive ketones (excluding diaryl/α,β-unsaturated/α-hetero) is 1. The molecule has 1 aliphatic heterocycles.